The van der Waals surface area contributed by atoms with Gasteiger partial charge in [0.05, 0.1) is 8.95 Å². The quantitative estimate of drug-likeness (QED) is 0.502. The van der Waals surface area contributed by atoms with E-state index >= 15 is 0 Å². The Morgan fingerprint density at radius 3 is 2.27 bits per heavy atom. The molecule has 60 valence electrons. The molecule has 11 heavy (non-hydrogen) atoms. The van der Waals surface area contributed by atoms with Gasteiger partial charge in [0.25, 0.3) is 0 Å². The second kappa shape index (κ2) is 3.19. The first-order valence-corrected chi connectivity index (χ1v) is 4.42. The molecule has 4 heteroatoms. The van der Waals surface area contributed by atoms with E-state index in [1.54, 1.807) is 6.92 Å². The van der Waals surface area contributed by atoms with Crippen molar-refractivity contribution in [1.82, 2.24) is 0 Å². The van der Waals surface area contributed by atoms with Crippen molar-refractivity contribution in [2.24, 2.45) is 0 Å². The molecule has 0 nitrogen and oxygen atoms in total. The van der Waals surface area contributed by atoms with Crippen molar-refractivity contribution in [2.75, 3.05) is 0 Å². The molecule has 0 unspecified atom stereocenters. The molecule has 0 bridgehead atoms. The van der Waals surface area contributed by atoms with Gasteiger partial charge < -0.3 is 0 Å². The molecule has 0 spiro atoms. The minimum atomic E-state index is -0.604. The summed E-state index contributed by atoms with van der Waals surface area (Å²) < 4.78 is 25.8. The minimum absolute atomic E-state index is 0.121. The highest BCUT2D eigenvalue weighted by molar-refractivity contribution is 9.11. The molecule has 0 saturated carbocycles. The summed E-state index contributed by atoms with van der Waals surface area (Å²) in [6.45, 7) is 1.57. The summed E-state index contributed by atoms with van der Waals surface area (Å²) in [5, 5.41) is 0. The fraction of sp³-hybridized carbons (Fsp3) is 0.143. The van der Waals surface area contributed by atoms with Crippen LogP contribution in [0, 0.1) is 18.6 Å². The van der Waals surface area contributed by atoms with Gasteiger partial charge >= 0.3 is 0 Å². The molecule has 0 aliphatic heterocycles. The van der Waals surface area contributed by atoms with Crippen LogP contribution in [0.1, 0.15) is 5.56 Å². The van der Waals surface area contributed by atoms with E-state index in [1.165, 1.54) is 6.07 Å². The highest BCUT2D eigenvalue weighted by atomic mass is 79.9. The number of benzene rings is 1. The van der Waals surface area contributed by atoms with Gasteiger partial charge in [-0.3, -0.25) is 0 Å². The molecular formula is C7H4Br2F2. The maximum atomic E-state index is 12.9. The average Bonchev–Trinajstić information content (AvgIpc) is 1.97. The number of halogens is 4. The first-order valence-electron chi connectivity index (χ1n) is 2.83. The van der Waals surface area contributed by atoms with Gasteiger partial charge in [-0.15, -0.1) is 0 Å². The van der Waals surface area contributed by atoms with Crippen LogP contribution in [-0.2, 0) is 0 Å². The second-order valence-electron chi connectivity index (χ2n) is 2.12. The molecule has 0 N–H and O–H groups in total. The van der Waals surface area contributed by atoms with Crippen LogP contribution in [0.15, 0.2) is 15.0 Å². The van der Waals surface area contributed by atoms with Gasteiger partial charge in [0.1, 0.15) is 5.82 Å². The maximum absolute atomic E-state index is 12.9. The predicted molar refractivity (Wildman–Crippen MR) is 46.5 cm³/mol. The van der Waals surface area contributed by atoms with E-state index in [2.05, 4.69) is 31.9 Å². The predicted octanol–water partition coefficient (Wildman–Crippen LogP) is 3.80. The Hall–Kier alpha value is 0.0400. The smallest absolute Gasteiger partial charge is 0.154 e. The van der Waals surface area contributed by atoms with Gasteiger partial charge in [-0.2, -0.15) is 0 Å². The van der Waals surface area contributed by atoms with Crippen molar-refractivity contribution in [3.63, 3.8) is 0 Å². The molecule has 0 fully saturated rings. The van der Waals surface area contributed by atoms with E-state index in [0.717, 1.165) is 0 Å². The largest absolute Gasteiger partial charge is 0.205 e. The monoisotopic (exact) mass is 284 g/mol. The van der Waals surface area contributed by atoms with E-state index in [0.29, 0.717) is 5.56 Å². The lowest BCUT2D eigenvalue weighted by atomic mass is 10.2. The summed E-state index contributed by atoms with van der Waals surface area (Å²) in [7, 11) is 0. The molecule has 1 aromatic carbocycles. The van der Waals surface area contributed by atoms with Crippen molar-refractivity contribution in [2.45, 2.75) is 6.92 Å². The van der Waals surface area contributed by atoms with E-state index in [9.17, 15) is 8.78 Å². The lowest BCUT2D eigenvalue weighted by Gasteiger charge is -2.02. The molecule has 1 aromatic rings. The highest BCUT2D eigenvalue weighted by Gasteiger charge is 2.11. The third-order valence-electron chi connectivity index (χ3n) is 1.28. The first-order chi connectivity index (χ1) is 5.04. The van der Waals surface area contributed by atoms with E-state index < -0.39 is 11.6 Å². The molecule has 0 saturated heterocycles. The molecule has 0 heterocycles. The van der Waals surface area contributed by atoms with Crippen LogP contribution in [0.3, 0.4) is 0 Å². The fourth-order valence-corrected chi connectivity index (χ4v) is 2.03. The van der Waals surface area contributed by atoms with Gasteiger partial charge in [0.2, 0.25) is 0 Å². The Labute approximate surface area is 79.9 Å². The number of rotatable bonds is 0. The van der Waals surface area contributed by atoms with E-state index in [4.69, 9.17) is 0 Å². The molecule has 0 aliphatic carbocycles. The minimum Gasteiger partial charge on any atom is -0.205 e. The second-order valence-corrected chi connectivity index (χ2v) is 3.76. The summed E-state index contributed by atoms with van der Waals surface area (Å²) >= 11 is 5.76. The van der Waals surface area contributed by atoms with Gasteiger partial charge in [0.15, 0.2) is 5.82 Å². The lowest BCUT2D eigenvalue weighted by molar-refractivity contribution is 0.562. The lowest BCUT2D eigenvalue weighted by Crippen LogP contribution is -1.89. The van der Waals surface area contributed by atoms with Gasteiger partial charge in [-0.25, -0.2) is 8.78 Å². The van der Waals surface area contributed by atoms with E-state index in [-0.39, 0.29) is 8.95 Å². The van der Waals surface area contributed by atoms with Crippen LogP contribution in [0.2, 0.25) is 0 Å². The van der Waals surface area contributed by atoms with Crippen molar-refractivity contribution in [3.05, 3.63) is 32.2 Å². The Bertz CT molecular complexity index is 271. The Balaban J connectivity index is 3.46. The zero-order valence-electron chi connectivity index (χ0n) is 5.59. The SMILES string of the molecule is Cc1cc(Br)c(F)c(Br)c1F. The molecular weight excluding hydrogens is 282 g/mol. The van der Waals surface area contributed by atoms with Crippen LogP contribution in [0.5, 0.6) is 0 Å². The fourth-order valence-electron chi connectivity index (χ4n) is 0.691. The Morgan fingerprint density at radius 2 is 1.73 bits per heavy atom. The van der Waals surface area contributed by atoms with Crippen LogP contribution in [-0.4, -0.2) is 0 Å². The normalized spacial score (nSPS) is 10.3. The Kier molecular flexibility index (Phi) is 2.65. The van der Waals surface area contributed by atoms with E-state index in [1.807, 2.05) is 0 Å². The zero-order chi connectivity index (χ0) is 8.59. The van der Waals surface area contributed by atoms with Gasteiger partial charge in [-0.05, 0) is 50.4 Å². The molecule has 0 amide bonds. The Morgan fingerprint density at radius 1 is 1.18 bits per heavy atom. The number of hydrogen-bond acceptors (Lipinski definition) is 0. The molecule has 0 aliphatic rings. The molecule has 0 aromatic heterocycles. The third kappa shape index (κ3) is 1.62. The van der Waals surface area contributed by atoms with Crippen molar-refractivity contribution >= 4 is 31.9 Å². The summed E-state index contributed by atoms with van der Waals surface area (Å²) in [5.74, 6) is -1.15. The zero-order valence-corrected chi connectivity index (χ0v) is 8.76. The van der Waals surface area contributed by atoms with Crippen LogP contribution >= 0.6 is 31.9 Å². The first kappa shape index (κ1) is 9.13. The van der Waals surface area contributed by atoms with Crippen LogP contribution in [0.25, 0.3) is 0 Å². The van der Waals surface area contributed by atoms with Crippen molar-refractivity contribution in [1.29, 1.82) is 0 Å². The van der Waals surface area contributed by atoms with Crippen LogP contribution < -0.4 is 0 Å². The van der Waals surface area contributed by atoms with Crippen molar-refractivity contribution in [3.8, 4) is 0 Å². The standard InChI is InChI=1S/C7H4Br2F2/c1-3-2-4(8)7(11)5(9)6(3)10/h2H,1H3. The highest BCUT2D eigenvalue weighted by Crippen LogP contribution is 2.28. The van der Waals surface area contributed by atoms with Crippen LogP contribution in [0.4, 0.5) is 8.78 Å². The number of hydrogen-bond donors (Lipinski definition) is 0. The topological polar surface area (TPSA) is 0 Å². The number of aryl methyl sites for hydroxylation is 1. The summed E-state index contributed by atoms with van der Waals surface area (Å²) in [5.41, 5.74) is 0.408. The molecule has 0 atom stereocenters. The third-order valence-corrected chi connectivity index (χ3v) is 2.56. The molecule has 1 rings (SSSR count). The summed E-state index contributed by atoms with van der Waals surface area (Å²) in [6.07, 6.45) is 0. The maximum Gasteiger partial charge on any atom is 0.154 e. The van der Waals surface area contributed by atoms with Gasteiger partial charge in [-0.1, -0.05) is 0 Å². The average molecular weight is 286 g/mol. The molecule has 0 radical (unpaired) electrons. The van der Waals surface area contributed by atoms with Gasteiger partial charge in [0, 0.05) is 0 Å². The summed E-state index contributed by atoms with van der Waals surface area (Å²) in [6, 6.07) is 1.40. The summed E-state index contributed by atoms with van der Waals surface area (Å²) in [4.78, 5) is 0. The van der Waals surface area contributed by atoms with Crippen molar-refractivity contribution < 1.29 is 8.78 Å².